The van der Waals surface area contributed by atoms with Crippen molar-refractivity contribution >= 4 is 5.91 Å². The minimum Gasteiger partial charge on any atom is -0.497 e. The number of carbonyl (C=O) groups excluding carboxylic acids is 1. The van der Waals surface area contributed by atoms with Crippen molar-refractivity contribution in [2.45, 2.75) is 25.0 Å². The predicted molar refractivity (Wildman–Crippen MR) is 87.3 cm³/mol. The zero-order valence-corrected chi connectivity index (χ0v) is 13.9. The number of amides is 1. The normalized spacial score (nSPS) is 21.5. The maximum Gasteiger partial charge on any atom is 0.256 e. The molecule has 0 radical (unpaired) electrons. The third-order valence-corrected chi connectivity index (χ3v) is 4.11. The van der Waals surface area contributed by atoms with Gasteiger partial charge in [-0.05, 0) is 30.5 Å². The topological polar surface area (TPSA) is 71.0 Å². The molecule has 1 aliphatic rings. The fourth-order valence-corrected chi connectivity index (χ4v) is 2.84. The molecule has 1 saturated heterocycles. The first kappa shape index (κ1) is 17.7. The largest absolute Gasteiger partial charge is 0.497 e. The summed E-state index contributed by atoms with van der Waals surface area (Å²) in [5.41, 5.74) is -0.334. The van der Waals surface area contributed by atoms with Gasteiger partial charge in [0.25, 0.3) is 5.91 Å². The summed E-state index contributed by atoms with van der Waals surface area (Å²) in [6.45, 7) is 2.57. The average Bonchev–Trinajstić information content (AvgIpc) is 2.56. The van der Waals surface area contributed by atoms with E-state index in [1.165, 1.54) is 0 Å². The number of likely N-dealkylation sites (tertiary alicyclic amines) is 1. The van der Waals surface area contributed by atoms with E-state index in [0.717, 1.165) is 17.7 Å². The molecule has 0 saturated carbocycles. The van der Waals surface area contributed by atoms with Crippen LogP contribution in [-0.4, -0.2) is 62.0 Å². The zero-order chi connectivity index (χ0) is 16.7. The summed E-state index contributed by atoms with van der Waals surface area (Å²) in [7, 11) is 3.24. The summed E-state index contributed by atoms with van der Waals surface area (Å²) in [6, 6.07) is 7.65. The van der Waals surface area contributed by atoms with Crippen molar-refractivity contribution in [1.82, 2.24) is 10.2 Å². The van der Waals surface area contributed by atoms with Gasteiger partial charge in [0.15, 0.2) is 5.60 Å². The Morgan fingerprint density at radius 1 is 1.39 bits per heavy atom. The molecule has 128 valence electrons. The molecule has 0 aliphatic carbocycles. The predicted octanol–water partition coefficient (Wildman–Crippen LogP) is 0.785. The number of benzene rings is 1. The van der Waals surface area contributed by atoms with E-state index in [1.54, 1.807) is 19.1 Å². The molecule has 0 spiro atoms. The van der Waals surface area contributed by atoms with E-state index >= 15 is 0 Å². The molecule has 6 heteroatoms. The summed E-state index contributed by atoms with van der Waals surface area (Å²) in [4.78, 5) is 14.4. The lowest BCUT2D eigenvalue weighted by Gasteiger charge is -2.38. The van der Waals surface area contributed by atoms with Crippen LogP contribution in [0.3, 0.4) is 0 Å². The van der Waals surface area contributed by atoms with Crippen LogP contribution >= 0.6 is 0 Å². The molecule has 1 atom stereocenters. The Labute approximate surface area is 137 Å². The molecular formula is C17H26N2O4. The highest BCUT2D eigenvalue weighted by molar-refractivity contribution is 5.86. The summed E-state index contributed by atoms with van der Waals surface area (Å²) in [6.07, 6.45) is 1.28. The molecule has 1 aliphatic heterocycles. The molecule has 2 N–H and O–H groups in total. The Kier molecular flexibility index (Phi) is 6.38. The maximum absolute atomic E-state index is 12.6. The third kappa shape index (κ3) is 4.67. The highest BCUT2D eigenvalue weighted by Gasteiger charge is 2.41. The van der Waals surface area contributed by atoms with Crippen LogP contribution in [0, 0.1) is 0 Å². The fourth-order valence-electron chi connectivity index (χ4n) is 2.84. The van der Waals surface area contributed by atoms with Gasteiger partial charge in [0, 0.05) is 33.3 Å². The first-order chi connectivity index (χ1) is 11.1. The summed E-state index contributed by atoms with van der Waals surface area (Å²) in [5.74, 6) is 0.555. The molecular weight excluding hydrogens is 296 g/mol. The maximum atomic E-state index is 12.6. The molecule has 0 unspecified atom stereocenters. The molecule has 23 heavy (non-hydrogen) atoms. The van der Waals surface area contributed by atoms with E-state index in [4.69, 9.17) is 9.47 Å². The molecule has 0 aromatic heterocycles. The Morgan fingerprint density at radius 3 is 2.96 bits per heavy atom. The molecule has 1 aromatic carbocycles. The lowest BCUT2D eigenvalue weighted by molar-refractivity contribution is -0.157. The first-order valence-electron chi connectivity index (χ1n) is 7.93. The van der Waals surface area contributed by atoms with Gasteiger partial charge < -0.3 is 24.8 Å². The molecule has 1 heterocycles. The van der Waals surface area contributed by atoms with Crippen molar-refractivity contribution in [3.63, 3.8) is 0 Å². The van der Waals surface area contributed by atoms with Crippen molar-refractivity contribution in [2.24, 2.45) is 0 Å². The number of methoxy groups -OCH3 is 2. The van der Waals surface area contributed by atoms with E-state index in [2.05, 4.69) is 5.32 Å². The SMILES string of the molecule is COCCNC[C@@]1(O)CCCN(Cc2cccc(OC)c2)C1=O. The Hall–Kier alpha value is -1.63. The number of piperidine rings is 1. The van der Waals surface area contributed by atoms with Crippen LogP contribution in [0.15, 0.2) is 24.3 Å². The van der Waals surface area contributed by atoms with Crippen molar-refractivity contribution in [3.8, 4) is 5.75 Å². The van der Waals surface area contributed by atoms with Crippen molar-refractivity contribution in [2.75, 3.05) is 40.5 Å². The second-order valence-corrected chi connectivity index (χ2v) is 5.88. The quantitative estimate of drug-likeness (QED) is 0.692. The minimum absolute atomic E-state index is 0.212. The van der Waals surface area contributed by atoms with Gasteiger partial charge in [0.1, 0.15) is 5.75 Å². The smallest absolute Gasteiger partial charge is 0.256 e. The van der Waals surface area contributed by atoms with Gasteiger partial charge in [-0.25, -0.2) is 0 Å². The summed E-state index contributed by atoms with van der Waals surface area (Å²) >= 11 is 0. The molecule has 0 bridgehead atoms. The van der Waals surface area contributed by atoms with Gasteiger partial charge >= 0.3 is 0 Å². The highest BCUT2D eigenvalue weighted by atomic mass is 16.5. The van der Waals surface area contributed by atoms with Crippen LogP contribution in [0.1, 0.15) is 18.4 Å². The minimum atomic E-state index is -1.33. The molecule has 1 fully saturated rings. The van der Waals surface area contributed by atoms with Crippen LogP contribution < -0.4 is 10.1 Å². The second-order valence-electron chi connectivity index (χ2n) is 5.88. The molecule has 2 rings (SSSR count). The van der Waals surface area contributed by atoms with Gasteiger partial charge in [0.05, 0.1) is 13.7 Å². The number of rotatable bonds is 8. The van der Waals surface area contributed by atoms with Gasteiger partial charge in [-0.15, -0.1) is 0 Å². The second kappa shape index (κ2) is 8.29. The number of carbonyl (C=O) groups is 1. The number of ether oxygens (including phenoxy) is 2. The number of nitrogens with zero attached hydrogens (tertiary/aromatic N) is 1. The van der Waals surface area contributed by atoms with E-state index in [-0.39, 0.29) is 12.5 Å². The van der Waals surface area contributed by atoms with Gasteiger partial charge in [-0.3, -0.25) is 4.79 Å². The number of aliphatic hydroxyl groups is 1. The van der Waals surface area contributed by atoms with E-state index in [0.29, 0.717) is 32.7 Å². The van der Waals surface area contributed by atoms with Gasteiger partial charge in [-0.1, -0.05) is 12.1 Å². The van der Waals surface area contributed by atoms with E-state index in [1.807, 2.05) is 24.3 Å². The molecule has 6 nitrogen and oxygen atoms in total. The number of hydrogen-bond acceptors (Lipinski definition) is 5. The average molecular weight is 322 g/mol. The lowest BCUT2D eigenvalue weighted by atomic mass is 9.91. The van der Waals surface area contributed by atoms with Crippen LogP contribution in [0.2, 0.25) is 0 Å². The lowest BCUT2D eigenvalue weighted by Crippen LogP contribution is -2.57. The van der Waals surface area contributed by atoms with E-state index in [9.17, 15) is 9.90 Å². The summed E-state index contributed by atoms with van der Waals surface area (Å²) < 4.78 is 10.2. The molecule has 1 amide bonds. The Bertz CT molecular complexity index is 523. The van der Waals surface area contributed by atoms with Crippen molar-refractivity contribution in [3.05, 3.63) is 29.8 Å². The van der Waals surface area contributed by atoms with Crippen LogP contribution in [0.5, 0.6) is 5.75 Å². The van der Waals surface area contributed by atoms with Crippen molar-refractivity contribution < 1.29 is 19.4 Å². The third-order valence-electron chi connectivity index (χ3n) is 4.11. The van der Waals surface area contributed by atoms with Gasteiger partial charge in [0.2, 0.25) is 0 Å². The van der Waals surface area contributed by atoms with Gasteiger partial charge in [-0.2, -0.15) is 0 Å². The Morgan fingerprint density at radius 2 is 2.22 bits per heavy atom. The van der Waals surface area contributed by atoms with Crippen molar-refractivity contribution in [1.29, 1.82) is 0 Å². The fraction of sp³-hybridized carbons (Fsp3) is 0.588. The standard InChI is InChI=1S/C17H26N2O4/c1-22-10-8-18-13-17(21)7-4-9-19(16(17)20)12-14-5-3-6-15(11-14)23-2/h3,5-6,11,18,21H,4,7-10,12-13H2,1-2H3/t17-/m0/s1. The molecule has 1 aromatic rings. The number of nitrogens with one attached hydrogen (secondary N) is 1. The van der Waals surface area contributed by atoms with E-state index < -0.39 is 5.60 Å². The van der Waals surface area contributed by atoms with Crippen LogP contribution in [0.4, 0.5) is 0 Å². The highest BCUT2D eigenvalue weighted by Crippen LogP contribution is 2.24. The summed E-state index contributed by atoms with van der Waals surface area (Å²) in [5, 5.41) is 13.8. The van der Waals surface area contributed by atoms with Crippen LogP contribution in [-0.2, 0) is 16.1 Å². The Balaban J connectivity index is 1.98. The van der Waals surface area contributed by atoms with Crippen LogP contribution in [0.25, 0.3) is 0 Å². The zero-order valence-electron chi connectivity index (χ0n) is 13.9. The first-order valence-corrected chi connectivity index (χ1v) is 7.93. The number of hydrogen-bond donors (Lipinski definition) is 2. The monoisotopic (exact) mass is 322 g/mol.